The van der Waals surface area contributed by atoms with E-state index in [4.69, 9.17) is 11.8 Å². The fourth-order valence-electron chi connectivity index (χ4n) is 0.196. The molecule has 0 aliphatic carbocycles. The molecule has 0 atom stereocenters. The van der Waals surface area contributed by atoms with Crippen molar-refractivity contribution in [2.75, 3.05) is 0 Å². The number of nitrogens with zero attached hydrogens (tertiary/aromatic N) is 1. The summed E-state index contributed by atoms with van der Waals surface area (Å²) in [6.07, 6.45) is 0. The van der Waals surface area contributed by atoms with Crippen molar-refractivity contribution in [1.29, 1.82) is 5.26 Å². The Hall–Kier alpha value is 0.307. The normalized spacial score (nSPS) is 4.67. The van der Waals surface area contributed by atoms with Gasteiger partial charge >= 0.3 is 35.9 Å². The van der Waals surface area contributed by atoms with Gasteiger partial charge in [-0.05, 0) is 0 Å². The maximum Gasteiger partial charge on any atom is 2.00 e. The Morgan fingerprint density at radius 2 is 2.11 bits per heavy atom. The van der Waals surface area contributed by atoms with Gasteiger partial charge < -0.3 is 24.6 Å². The minimum atomic E-state index is 0. The molecule has 0 N–H and O–H groups in total. The predicted molar refractivity (Wildman–Crippen MR) is 29.2 cm³/mol. The summed E-state index contributed by atoms with van der Waals surface area (Å²) in [7, 11) is 0. The maximum absolute atomic E-state index is 6.25. The average molecular weight is 181 g/mol. The van der Waals surface area contributed by atoms with Crippen LogP contribution in [0.5, 0.6) is 0 Å². The number of thiophene rings is 1. The molecule has 0 bridgehead atoms. The van der Waals surface area contributed by atoms with Gasteiger partial charge in [0.2, 0.25) is 0 Å². The molecule has 47 valence electrons. The Bertz CT molecular complexity index is 105. The molecule has 1 rings (SSSR count). The molecular weight excluding hydrogens is 177 g/mol. The smallest absolute Gasteiger partial charge is 1.00 e. The third kappa shape index (κ3) is 11.7. The van der Waals surface area contributed by atoms with E-state index >= 15 is 0 Å². The number of hydrogen-bond acceptors (Lipinski definition) is 2. The van der Waals surface area contributed by atoms with Crippen molar-refractivity contribution < 1.29 is 37.4 Å². The molecule has 0 aliphatic rings. The molecule has 1 aromatic heterocycles. The Morgan fingerprint density at radius 1 is 1.56 bits per heavy atom. The molecule has 0 saturated heterocycles. The van der Waals surface area contributed by atoms with Crippen LogP contribution in [0.15, 0.2) is 17.5 Å². The molecule has 0 aromatic carbocycles. The van der Waals surface area contributed by atoms with Gasteiger partial charge in [-0.25, -0.2) is 6.07 Å². The standard InChI is InChI=1S/C4H3S.CN.Cu.Li.H/c1-2-4-5-3-1;1-2;;;/h1-3H;;;;/q2*-1;+2;+1;-1. The fraction of sp³-hybridized carbons (Fsp3) is 0. The quantitative estimate of drug-likeness (QED) is 0.362. The predicted octanol–water partition coefficient (Wildman–Crippen LogP) is -1.24. The molecular formula is C5H4CuLiNS. The molecule has 1 nitrogen and oxygen atoms in total. The first-order valence-electron chi connectivity index (χ1n) is 1.62. The van der Waals surface area contributed by atoms with Crippen molar-refractivity contribution >= 4 is 11.3 Å². The second kappa shape index (κ2) is 15.7. The minimum absolute atomic E-state index is 0. The molecule has 4 heteroatoms. The van der Waals surface area contributed by atoms with Crippen LogP contribution in [-0.4, -0.2) is 0 Å². The van der Waals surface area contributed by atoms with Crippen LogP contribution in [0, 0.1) is 17.2 Å². The summed E-state index contributed by atoms with van der Waals surface area (Å²) in [5.74, 6) is 0. The summed E-state index contributed by atoms with van der Waals surface area (Å²) < 4.78 is 0. The molecule has 9 heavy (non-hydrogen) atoms. The maximum atomic E-state index is 6.25. The first-order valence-corrected chi connectivity index (χ1v) is 2.50. The van der Waals surface area contributed by atoms with E-state index in [9.17, 15) is 0 Å². The Balaban J connectivity index is -0.0000000337. The van der Waals surface area contributed by atoms with Gasteiger partial charge in [0.05, 0.1) is 0 Å². The van der Waals surface area contributed by atoms with Crippen LogP contribution in [0.1, 0.15) is 1.43 Å². The third-order valence-corrected chi connectivity index (χ3v) is 0.944. The van der Waals surface area contributed by atoms with E-state index in [1.807, 2.05) is 17.5 Å². The van der Waals surface area contributed by atoms with E-state index in [0.717, 1.165) is 0 Å². The molecule has 0 unspecified atom stereocenters. The van der Waals surface area contributed by atoms with Gasteiger partial charge in [-0.2, -0.15) is 11.4 Å². The van der Waals surface area contributed by atoms with Gasteiger partial charge in [0.25, 0.3) is 0 Å². The van der Waals surface area contributed by atoms with Gasteiger partial charge in [-0.1, -0.05) is 0 Å². The zero-order valence-corrected chi connectivity index (χ0v) is 6.65. The van der Waals surface area contributed by atoms with E-state index in [2.05, 4.69) is 5.38 Å². The van der Waals surface area contributed by atoms with Crippen molar-refractivity contribution in [1.82, 2.24) is 0 Å². The molecule has 0 amide bonds. The van der Waals surface area contributed by atoms with E-state index in [1.54, 1.807) is 11.3 Å². The first-order chi connectivity index (χ1) is 3.50. The van der Waals surface area contributed by atoms with Crippen LogP contribution in [0.25, 0.3) is 0 Å². The summed E-state index contributed by atoms with van der Waals surface area (Å²) in [4.78, 5) is 0. The molecule has 1 heterocycles. The van der Waals surface area contributed by atoms with Gasteiger partial charge in [-0.3, -0.25) is 0 Å². The molecule has 0 saturated carbocycles. The van der Waals surface area contributed by atoms with E-state index < -0.39 is 0 Å². The largest absolute Gasteiger partial charge is 2.00 e. The van der Waals surface area contributed by atoms with E-state index in [-0.39, 0.29) is 37.4 Å². The van der Waals surface area contributed by atoms with Crippen molar-refractivity contribution in [2.24, 2.45) is 0 Å². The van der Waals surface area contributed by atoms with Crippen molar-refractivity contribution in [3.8, 4) is 0 Å². The zero-order valence-electron chi connectivity index (χ0n) is 5.89. The van der Waals surface area contributed by atoms with Crippen LogP contribution in [-0.2, 0) is 17.1 Å². The average Bonchev–Trinajstić information content (AvgIpc) is 2.23. The number of hydrogen-bond donors (Lipinski definition) is 0. The summed E-state index contributed by atoms with van der Waals surface area (Å²) in [5.41, 5.74) is 0. The minimum Gasteiger partial charge on any atom is -1.00 e. The van der Waals surface area contributed by atoms with Gasteiger partial charge in [0.1, 0.15) is 0 Å². The first kappa shape index (κ1) is 16.1. The fourth-order valence-corrected chi connectivity index (χ4v) is 0.589. The SMILES string of the molecule is [C-]#N.[Cu+2].[H-].[Li+].[c-]1cccs1. The monoisotopic (exact) mass is 180 g/mol. The van der Waals surface area contributed by atoms with Gasteiger partial charge in [-0.15, -0.1) is 5.38 Å². The van der Waals surface area contributed by atoms with Crippen LogP contribution in [0.2, 0.25) is 0 Å². The Morgan fingerprint density at radius 3 is 2.22 bits per heavy atom. The number of rotatable bonds is 0. The van der Waals surface area contributed by atoms with E-state index in [1.165, 1.54) is 0 Å². The molecule has 1 radical (unpaired) electrons. The molecule has 1 aromatic rings. The molecule has 0 fully saturated rings. The second-order valence-electron chi connectivity index (χ2n) is 0.731. The van der Waals surface area contributed by atoms with E-state index in [0.29, 0.717) is 0 Å². The third-order valence-electron chi connectivity index (χ3n) is 0.379. The van der Waals surface area contributed by atoms with Crippen molar-refractivity contribution in [2.45, 2.75) is 0 Å². The van der Waals surface area contributed by atoms with Gasteiger partial charge in [0.15, 0.2) is 0 Å². The topological polar surface area (TPSA) is 23.8 Å². The molecule has 0 aliphatic heterocycles. The second-order valence-corrected chi connectivity index (χ2v) is 1.47. The summed E-state index contributed by atoms with van der Waals surface area (Å²) in [6.45, 7) is 4.75. The van der Waals surface area contributed by atoms with Crippen LogP contribution >= 0.6 is 11.3 Å². The van der Waals surface area contributed by atoms with Crippen LogP contribution < -0.4 is 18.9 Å². The van der Waals surface area contributed by atoms with Crippen LogP contribution in [0.4, 0.5) is 0 Å². The zero-order chi connectivity index (χ0) is 5.54. The summed E-state index contributed by atoms with van der Waals surface area (Å²) in [6, 6.07) is 3.86. The Kier molecular flexibility index (Phi) is 28.3. The van der Waals surface area contributed by atoms with Gasteiger partial charge in [0, 0.05) is 0 Å². The van der Waals surface area contributed by atoms with Crippen molar-refractivity contribution in [3.63, 3.8) is 0 Å². The van der Waals surface area contributed by atoms with Crippen LogP contribution in [0.3, 0.4) is 0 Å². The molecule has 0 spiro atoms. The van der Waals surface area contributed by atoms with Crippen molar-refractivity contribution in [3.05, 3.63) is 29.5 Å². The Labute approximate surface area is 83.2 Å². The summed E-state index contributed by atoms with van der Waals surface area (Å²) >= 11 is 1.59. The summed E-state index contributed by atoms with van der Waals surface area (Å²) in [5, 5.41) is 11.1.